The molecule has 1 amide bonds. The van der Waals surface area contributed by atoms with E-state index in [1.807, 2.05) is 0 Å². The van der Waals surface area contributed by atoms with Crippen LogP contribution in [0, 0.1) is 5.92 Å². The molecule has 3 nitrogen and oxygen atoms in total. The highest BCUT2D eigenvalue weighted by atomic mass is 16.1. The summed E-state index contributed by atoms with van der Waals surface area (Å²) in [7, 11) is 1.73. The maximum atomic E-state index is 11.7. The number of carbonyl (C=O) groups is 1. The van der Waals surface area contributed by atoms with Crippen LogP contribution in [0.4, 0.5) is 0 Å². The van der Waals surface area contributed by atoms with Crippen LogP contribution in [0.25, 0.3) is 0 Å². The lowest BCUT2D eigenvalue weighted by molar-refractivity contribution is -0.124. The van der Waals surface area contributed by atoms with E-state index in [4.69, 9.17) is 0 Å². The molecule has 0 spiro atoms. The lowest BCUT2D eigenvalue weighted by Crippen LogP contribution is -2.44. The van der Waals surface area contributed by atoms with Crippen LogP contribution in [-0.2, 0) is 4.79 Å². The molecule has 0 aromatic rings. The average Bonchev–Trinajstić information content (AvgIpc) is 2.77. The van der Waals surface area contributed by atoms with E-state index < -0.39 is 0 Å². The molecule has 0 heterocycles. The Bertz CT molecular complexity index is 275. The molecular formula is C13H22N2O. The number of hydrogen-bond donors (Lipinski definition) is 2. The summed E-state index contributed by atoms with van der Waals surface area (Å²) in [6, 6.07) is 0.872. The molecule has 1 saturated carbocycles. The molecule has 2 N–H and O–H groups in total. The maximum absolute atomic E-state index is 11.7. The highest BCUT2D eigenvalue weighted by Crippen LogP contribution is 2.27. The lowest BCUT2D eigenvalue weighted by Gasteiger charge is -2.26. The minimum absolute atomic E-state index is 0.181. The van der Waals surface area contributed by atoms with Gasteiger partial charge in [-0.25, -0.2) is 0 Å². The van der Waals surface area contributed by atoms with Crippen molar-refractivity contribution >= 4 is 5.91 Å². The van der Waals surface area contributed by atoms with Gasteiger partial charge in [-0.1, -0.05) is 18.6 Å². The standard InChI is InChI=1S/C13H22N2O/c1-14-13(16)11-8-5-9-12(11)15-10-6-3-2-4-7-10/h3,6,10-12,15H,2,4-5,7-9H2,1H3,(H,14,16)/t10-,11-,12-/m1/s1. The molecule has 0 aromatic carbocycles. The second kappa shape index (κ2) is 5.48. The quantitative estimate of drug-likeness (QED) is 0.712. The first kappa shape index (κ1) is 11.6. The summed E-state index contributed by atoms with van der Waals surface area (Å²) in [6.07, 6.45) is 11.6. The molecule has 1 fully saturated rings. The van der Waals surface area contributed by atoms with Gasteiger partial charge in [0.15, 0.2) is 0 Å². The lowest BCUT2D eigenvalue weighted by atomic mass is 9.98. The first-order valence-electron chi connectivity index (χ1n) is 6.45. The van der Waals surface area contributed by atoms with Gasteiger partial charge in [0.05, 0.1) is 5.92 Å². The van der Waals surface area contributed by atoms with E-state index in [9.17, 15) is 4.79 Å². The zero-order valence-electron chi connectivity index (χ0n) is 10.0. The molecule has 3 atom stereocenters. The van der Waals surface area contributed by atoms with Crippen LogP contribution in [0.15, 0.2) is 12.2 Å². The van der Waals surface area contributed by atoms with Crippen LogP contribution in [-0.4, -0.2) is 25.0 Å². The van der Waals surface area contributed by atoms with Crippen molar-refractivity contribution in [3.63, 3.8) is 0 Å². The summed E-state index contributed by atoms with van der Waals surface area (Å²) in [5.74, 6) is 0.384. The SMILES string of the molecule is CNC(=O)[C@@H]1CCC[C@H]1N[C@@H]1C=CCCC1. The van der Waals surface area contributed by atoms with Crippen molar-refractivity contribution in [2.45, 2.75) is 50.6 Å². The Labute approximate surface area is 97.7 Å². The predicted octanol–water partition coefficient (Wildman–Crippen LogP) is 1.60. The van der Waals surface area contributed by atoms with E-state index in [-0.39, 0.29) is 11.8 Å². The molecule has 2 aliphatic carbocycles. The van der Waals surface area contributed by atoms with Crippen LogP contribution in [0.3, 0.4) is 0 Å². The van der Waals surface area contributed by atoms with Crippen molar-refractivity contribution in [2.24, 2.45) is 5.92 Å². The smallest absolute Gasteiger partial charge is 0.224 e. The average molecular weight is 222 g/mol. The fourth-order valence-corrected chi connectivity index (χ4v) is 2.88. The van der Waals surface area contributed by atoms with Crippen molar-refractivity contribution in [1.82, 2.24) is 10.6 Å². The number of amides is 1. The highest BCUT2D eigenvalue weighted by Gasteiger charge is 2.33. The summed E-state index contributed by atoms with van der Waals surface area (Å²) >= 11 is 0. The van der Waals surface area contributed by atoms with E-state index in [0.717, 1.165) is 12.8 Å². The third kappa shape index (κ3) is 2.64. The maximum Gasteiger partial charge on any atom is 0.224 e. The molecule has 0 radical (unpaired) electrons. The summed E-state index contributed by atoms with van der Waals surface area (Å²) < 4.78 is 0. The molecule has 0 saturated heterocycles. The molecule has 0 aromatic heterocycles. The molecule has 0 aliphatic heterocycles. The number of nitrogens with one attached hydrogen (secondary N) is 2. The number of allylic oxidation sites excluding steroid dienone is 1. The third-order valence-corrected chi connectivity index (χ3v) is 3.78. The van der Waals surface area contributed by atoms with Gasteiger partial charge in [0.25, 0.3) is 0 Å². The van der Waals surface area contributed by atoms with Gasteiger partial charge in [-0.2, -0.15) is 0 Å². The Kier molecular flexibility index (Phi) is 3.99. The van der Waals surface area contributed by atoms with Crippen LogP contribution in [0.1, 0.15) is 38.5 Å². The minimum Gasteiger partial charge on any atom is -0.359 e. The Morgan fingerprint density at radius 2 is 2.12 bits per heavy atom. The molecule has 2 rings (SSSR count). The van der Waals surface area contributed by atoms with Gasteiger partial charge < -0.3 is 10.6 Å². The van der Waals surface area contributed by atoms with E-state index >= 15 is 0 Å². The van der Waals surface area contributed by atoms with Gasteiger partial charge in [-0.15, -0.1) is 0 Å². The Hall–Kier alpha value is -0.830. The van der Waals surface area contributed by atoms with Crippen molar-refractivity contribution in [1.29, 1.82) is 0 Å². The Morgan fingerprint density at radius 1 is 1.25 bits per heavy atom. The number of hydrogen-bond acceptors (Lipinski definition) is 2. The molecule has 0 unspecified atom stereocenters. The van der Waals surface area contributed by atoms with Crippen LogP contribution < -0.4 is 10.6 Å². The predicted molar refractivity (Wildman–Crippen MR) is 65.1 cm³/mol. The largest absolute Gasteiger partial charge is 0.359 e. The normalized spacial score (nSPS) is 33.9. The van der Waals surface area contributed by atoms with Crippen molar-refractivity contribution in [3.8, 4) is 0 Å². The second-order valence-electron chi connectivity index (χ2n) is 4.89. The molecule has 16 heavy (non-hydrogen) atoms. The van der Waals surface area contributed by atoms with Crippen LogP contribution in [0.2, 0.25) is 0 Å². The third-order valence-electron chi connectivity index (χ3n) is 3.78. The van der Waals surface area contributed by atoms with Gasteiger partial charge in [0, 0.05) is 19.1 Å². The van der Waals surface area contributed by atoms with Gasteiger partial charge in [0.2, 0.25) is 5.91 Å². The van der Waals surface area contributed by atoms with Gasteiger partial charge in [-0.05, 0) is 32.1 Å². The van der Waals surface area contributed by atoms with Crippen LogP contribution >= 0.6 is 0 Å². The zero-order chi connectivity index (χ0) is 11.4. The molecule has 3 heteroatoms. The number of rotatable bonds is 3. The summed E-state index contributed by atoms with van der Waals surface area (Å²) in [5.41, 5.74) is 0. The topological polar surface area (TPSA) is 41.1 Å². The highest BCUT2D eigenvalue weighted by molar-refractivity contribution is 5.79. The monoisotopic (exact) mass is 222 g/mol. The summed E-state index contributed by atoms with van der Waals surface area (Å²) in [6.45, 7) is 0. The molecular weight excluding hydrogens is 200 g/mol. The Morgan fingerprint density at radius 3 is 2.81 bits per heavy atom. The first-order valence-corrected chi connectivity index (χ1v) is 6.45. The van der Waals surface area contributed by atoms with E-state index in [1.54, 1.807) is 7.05 Å². The van der Waals surface area contributed by atoms with E-state index in [2.05, 4.69) is 22.8 Å². The zero-order valence-corrected chi connectivity index (χ0v) is 10.0. The summed E-state index contributed by atoms with van der Waals surface area (Å²) in [5, 5.41) is 6.41. The molecule has 2 aliphatic rings. The van der Waals surface area contributed by atoms with Crippen molar-refractivity contribution in [2.75, 3.05) is 7.05 Å². The minimum atomic E-state index is 0.181. The second-order valence-corrected chi connectivity index (χ2v) is 4.89. The van der Waals surface area contributed by atoms with E-state index in [1.165, 1.54) is 25.7 Å². The summed E-state index contributed by atoms with van der Waals surface area (Å²) in [4.78, 5) is 11.7. The van der Waals surface area contributed by atoms with Crippen LogP contribution in [0.5, 0.6) is 0 Å². The van der Waals surface area contributed by atoms with E-state index in [0.29, 0.717) is 12.1 Å². The van der Waals surface area contributed by atoms with Crippen molar-refractivity contribution < 1.29 is 4.79 Å². The molecule has 90 valence electrons. The fraction of sp³-hybridized carbons (Fsp3) is 0.769. The van der Waals surface area contributed by atoms with Gasteiger partial charge in [0.1, 0.15) is 0 Å². The van der Waals surface area contributed by atoms with Gasteiger partial charge >= 0.3 is 0 Å². The first-order chi connectivity index (χ1) is 7.81. The van der Waals surface area contributed by atoms with Crippen molar-refractivity contribution in [3.05, 3.63) is 12.2 Å². The fourth-order valence-electron chi connectivity index (χ4n) is 2.88. The van der Waals surface area contributed by atoms with Gasteiger partial charge in [-0.3, -0.25) is 4.79 Å². The molecule has 0 bridgehead atoms. The number of carbonyl (C=O) groups excluding carboxylic acids is 1. The Balaban J connectivity index is 1.90.